The normalized spacial score (nSPS) is 24.2. The lowest BCUT2D eigenvalue weighted by molar-refractivity contribution is -0.113. The average molecular weight is 327 g/mol. The molecule has 1 N–H and O–H groups in total. The summed E-state index contributed by atoms with van der Waals surface area (Å²) in [5.41, 5.74) is 5.28. The Hall–Kier alpha value is -2.01. The van der Waals surface area contributed by atoms with E-state index in [9.17, 15) is 4.79 Å². The Bertz CT molecular complexity index is 682. The number of hydrogen-bond donors (Lipinski definition) is 1. The standard InChI is InChI=1S/C19H25N3O2/c1-21(2)14-5-6-17-15(12-14)18(16-4-3-9-20-16)19(23)22(17)13-7-10-24-11-8-13/h5-6,12-13,20H,3-4,7-11H2,1-2H3/b18-16-. The van der Waals surface area contributed by atoms with Gasteiger partial charge in [-0.15, -0.1) is 0 Å². The molecule has 3 aliphatic rings. The number of rotatable bonds is 2. The second-order valence-corrected chi connectivity index (χ2v) is 7.00. The van der Waals surface area contributed by atoms with Crippen LogP contribution in [-0.2, 0) is 9.53 Å². The number of nitrogens with zero attached hydrogens (tertiary/aromatic N) is 2. The van der Waals surface area contributed by atoms with E-state index in [1.165, 1.54) is 0 Å². The fourth-order valence-corrected chi connectivity index (χ4v) is 3.96. The first-order valence-electron chi connectivity index (χ1n) is 8.87. The highest BCUT2D eigenvalue weighted by molar-refractivity contribution is 6.33. The molecule has 0 unspecified atom stereocenters. The van der Waals surface area contributed by atoms with Crippen molar-refractivity contribution in [1.29, 1.82) is 0 Å². The van der Waals surface area contributed by atoms with Gasteiger partial charge >= 0.3 is 0 Å². The van der Waals surface area contributed by atoms with Crippen molar-refractivity contribution in [3.8, 4) is 0 Å². The Kier molecular flexibility index (Phi) is 3.96. The third kappa shape index (κ3) is 2.47. The summed E-state index contributed by atoms with van der Waals surface area (Å²) in [5, 5.41) is 3.44. The third-order valence-electron chi connectivity index (χ3n) is 5.26. The minimum absolute atomic E-state index is 0.164. The summed E-state index contributed by atoms with van der Waals surface area (Å²) in [6, 6.07) is 6.62. The van der Waals surface area contributed by atoms with Crippen LogP contribution in [0.5, 0.6) is 0 Å². The molecule has 2 fully saturated rings. The van der Waals surface area contributed by atoms with E-state index in [1.807, 2.05) is 19.0 Å². The lowest BCUT2D eigenvalue weighted by atomic mass is 10.0. The van der Waals surface area contributed by atoms with Crippen molar-refractivity contribution in [3.05, 3.63) is 29.5 Å². The van der Waals surface area contributed by atoms with E-state index in [0.717, 1.165) is 73.7 Å². The maximum atomic E-state index is 13.3. The predicted octanol–water partition coefficient (Wildman–Crippen LogP) is 2.37. The number of allylic oxidation sites excluding steroid dienone is 1. The Morgan fingerprint density at radius 1 is 1.25 bits per heavy atom. The molecule has 5 nitrogen and oxygen atoms in total. The maximum Gasteiger partial charge on any atom is 0.260 e. The van der Waals surface area contributed by atoms with Gasteiger partial charge in [0.25, 0.3) is 5.91 Å². The first-order valence-corrected chi connectivity index (χ1v) is 8.87. The number of anilines is 2. The molecule has 5 heteroatoms. The molecule has 0 saturated carbocycles. The number of benzene rings is 1. The molecule has 128 valence electrons. The molecule has 1 amide bonds. The number of carbonyl (C=O) groups excluding carboxylic acids is 1. The van der Waals surface area contributed by atoms with Crippen molar-refractivity contribution in [1.82, 2.24) is 5.32 Å². The highest BCUT2D eigenvalue weighted by Gasteiger charge is 2.39. The number of hydrogen-bond acceptors (Lipinski definition) is 4. The second kappa shape index (κ2) is 6.13. The van der Waals surface area contributed by atoms with E-state index in [2.05, 4.69) is 28.4 Å². The number of nitrogens with one attached hydrogen (secondary N) is 1. The van der Waals surface area contributed by atoms with Crippen molar-refractivity contribution < 1.29 is 9.53 Å². The number of carbonyl (C=O) groups is 1. The molecule has 2 saturated heterocycles. The maximum absolute atomic E-state index is 13.3. The van der Waals surface area contributed by atoms with Crippen molar-refractivity contribution in [2.24, 2.45) is 0 Å². The molecule has 24 heavy (non-hydrogen) atoms. The quantitative estimate of drug-likeness (QED) is 0.847. The topological polar surface area (TPSA) is 44.8 Å². The third-order valence-corrected chi connectivity index (χ3v) is 5.26. The zero-order chi connectivity index (χ0) is 16.7. The van der Waals surface area contributed by atoms with Gasteiger partial charge in [-0.3, -0.25) is 4.79 Å². The Labute approximate surface area is 143 Å². The van der Waals surface area contributed by atoms with Crippen LogP contribution in [0.4, 0.5) is 11.4 Å². The van der Waals surface area contributed by atoms with Gasteiger partial charge in [0.2, 0.25) is 0 Å². The monoisotopic (exact) mass is 327 g/mol. The van der Waals surface area contributed by atoms with Gasteiger partial charge in [0.1, 0.15) is 0 Å². The second-order valence-electron chi connectivity index (χ2n) is 7.00. The summed E-state index contributed by atoms with van der Waals surface area (Å²) >= 11 is 0. The van der Waals surface area contributed by atoms with Crippen LogP contribution in [0.15, 0.2) is 23.9 Å². The van der Waals surface area contributed by atoms with Crippen molar-refractivity contribution in [2.45, 2.75) is 31.7 Å². The summed E-state index contributed by atoms with van der Waals surface area (Å²) < 4.78 is 5.49. The minimum Gasteiger partial charge on any atom is -0.388 e. The van der Waals surface area contributed by atoms with Gasteiger partial charge in [-0.1, -0.05) is 0 Å². The van der Waals surface area contributed by atoms with Crippen LogP contribution >= 0.6 is 0 Å². The van der Waals surface area contributed by atoms with E-state index in [4.69, 9.17) is 4.74 Å². The predicted molar refractivity (Wildman–Crippen MR) is 96.3 cm³/mol. The molecule has 0 spiro atoms. The van der Waals surface area contributed by atoms with E-state index in [0.29, 0.717) is 0 Å². The van der Waals surface area contributed by atoms with E-state index >= 15 is 0 Å². The summed E-state index contributed by atoms with van der Waals surface area (Å²) in [5.74, 6) is 0.164. The first kappa shape index (κ1) is 15.5. The summed E-state index contributed by atoms with van der Waals surface area (Å²) in [6.45, 7) is 2.44. The van der Waals surface area contributed by atoms with Gasteiger partial charge in [0, 0.05) is 56.8 Å². The Morgan fingerprint density at radius 3 is 2.71 bits per heavy atom. The van der Waals surface area contributed by atoms with Crippen molar-refractivity contribution >= 4 is 22.9 Å². The van der Waals surface area contributed by atoms with Gasteiger partial charge in [0.15, 0.2) is 0 Å². The van der Waals surface area contributed by atoms with Crippen LogP contribution in [-0.4, -0.2) is 45.8 Å². The van der Waals surface area contributed by atoms with E-state index < -0.39 is 0 Å². The highest BCUT2D eigenvalue weighted by atomic mass is 16.5. The van der Waals surface area contributed by atoms with Gasteiger partial charge in [0.05, 0.1) is 11.3 Å². The summed E-state index contributed by atoms with van der Waals surface area (Å²) in [6.07, 6.45) is 3.90. The highest BCUT2D eigenvalue weighted by Crippen LogP contribution is 2.43. The van der Waals surface area contributed by atoms with Crippen LogP contribution in [0.25, 0.3) is 5.57 Å². The molecule has 1 aromatic carbocycles. The molecule has 3 heterocycles. The first-order chi connectivity index (χ1) is 11.7. The van der Waals surface area contributed by atoms with Gasteiger partial charge in [-0.05, 0) is 43.9 Å². The molecule has 0 bridgehead atoms. The van der Waals surface area contributed by atoms with Gasteiger partial charge in [-0.25, -0.2) is 0 Å². The molecule has 4 rings (SSSR count). The molecule has 0 aromatic heterocycles. The summed E-state index contributed by atoms with van der Waals surface area (Å²) in [7, 11) is 4.07. The molecule has 0 aliphatic carbocycles. The zero-order valence-electron chi connectivity index (χ0n) is 14.5. The number of amides is 1. The Morgan fingerprint density at radius 2 is 2.04 bits per heavy atom. The van der Waals surface area contributed by atoms with Crippen LogP contribution < -0.4 is 15.1 Å². The van der Waals surface area contributed by atoms with Crippen LogP contribution in [0.2, 0.25) is 0 Å². The zero-order valence-corrected chi connectivity index (χ0v) is 14.5. The average Bonchev–Trinajstić information content (AvgIpc) is 3.20. The minimum atomic E-state index is 0.164. The lowest BCUT2D eigenvalue weighted by Crippen LogP contribution is -2.41. The molecule has 0 radical (unpaired) electrons. The van der Waals surface area contributed by atoms with Crippen molar-refractivity contribution in [3.63, 3.8) is 0 Å². The van der Waals surface area contributed by atoms with Crippen LogP contribution in [0, 0.1) is 0 Å². The summed E-state index contributed by atoms with van der Waals surface area (Å²) in [4.78, 5) is 17.4. The lowest BCUT2D eigenvalue weighted by Gasteiger charge is -2.31. The number of ether oxygens (including phenoxy) is 1. The molecular weight excluding hydrogens is 302 g/mol. The van der Waals surface area contributed by atoms with E-state index in [-0.39, 0.29) is 11.9 Å². The molecular formula is C19H25N3O2. The Balaban J connectivity index is 1.82. The molecule has 0 atom stereocenters. The fourth-order valence-electron chi connectivity index (χ4n) is 3.96. The largest absolute Gasteiger partial charge is 0.388 e. The SMILES string of the molecule is CN(C)c1ccc2c(c1)/C(=C1\CCCN1)C(=O)N2C1CCOCC1. The van der Waals surface area contributed by atoms with Gasteiger partial charge in [-0.2, -0.15) is 0 Å². The number of fused-ring (bicyclic) bond motifs is 1. The van der Waals surface area contributed by atoms with Gasteiger partial charge < -0.3 is 19.9 Å². The van der Waals surface area contributed by atoms with Crippen LogP contribution in [0.1, 0.15) is 31.2 Å². The smallest absolute Gasteiger partial charge is 0.260 e. The fraction of sp³-hybridized carbons (Fsp3) is 0.526. The van der Waals surface area contributed by atoms with Crippen molar-refractivity contribution in [2.75, 3.05) is 43.7 Å². The van der Waals surface area contributed by atoms with Crippen LogP contribution in [0.3, 0.4) is 0 Å². The van der Waals surface area contributed by atoms with E-state index in [1.54, 1.807) is 0 Å². The molecule has 1 aromatic rings. The molecule has 3 aliphatic heterocycles.